The van der Waals surface area contributed by atoms with Gasteiger partial charge in [-0.05, 0) is 35.9 Å². The number of nitrogens with zero attached hydrogens (tertiary/aromatic N) is 2. The molecule has 0 aromatic heterocycles. The molecule has 3 aromatic carbocycles. The Morgan fingerprint density at radius 2 is 1.69 bits per heavy atom. The predicted octanol–water partition coefficient (Wildman–Crippen LogP) is 4.82. The van der Waals surface area contributed by atoms with Crippen LogP contribution in [-0.4, -0.2) is 17.6 Å². The third kappa shape index (κ3) is 2.76. The Balaban J connectivity index is 1.64. The lowest BCUT2D eigenvalue weighted by Gasteiger charge is -2.33. The molecule has 1 fully saturated rings. The van der Waals surface area contributed by atoms with E-state index in [0.717, 1.165) is 22.5 Å². The summed E-state index contributed by atoms with van der Waals surface area (Å²) in [5.74, 6) is 0.104. The zero-order valence-electron chi connectivity index (χ0n) is 15.4. The number of amides is 2. The maximum absolute atomic E-state index is 13.9. The van der Waals surface area contributed by atoms with Crippen LogP contribution in [0.25, 0.3) is 0 Å². The largest absolute Gasteiger partial charge is 0.304 e. The number of para-hydroxylation sites is 2. The molecule has 0 aliphatic carbocycles. The van der Waals surface area contributed by atoms with Crippen molar-refractivity contribution in [3.05, 3.63) is 95.0 Å². The highest BCUT2D eigenvalue weighted by Gasteiger charge is 2.60. The van der Waals surface area contributed by atoms with Gasteiger partial charge in [-0.15, -0.1) is 11.8 Å². The summed E-state index contributed by atoms with van der Waals surface area (Å²) >= 11 is 7.54. The van der Waals surface area contributed by atoms with E-state index in [1.807, 2.05) is 78.9 Å². The highest BCUT2D eigenvalue weighted by Crippen LogP contribution is 2.55. The van der Waals surface area contributed by atoms with Crippen molar-refractivity contribution in [2.45, 2.75) is 11.4 Å². The first-order valence-electron chi connectivity index (χ1n) is 9.29. The number of fused-ring (bicyclic) bond motifs is 2. The van der Waals surface area contributed by atoms with Gasteiger partial charge in [0, 0.05) is 16.3 Å². The van der Waals surface area contributed by atoms with Crippen LogP contribution in [0.4, 0.5) is 11.4 Å². The number of hydrogen-bond donors (Lipinski definition) is 0. The molecule has 144 valence electrons. The van der Waals surface area contributed by atoms with Crippen LogP contribution in [-0.2, 0) is 21.0 Å². The van der Waals surface area contributed by atoms with Crippen LogP contribution < -0.4 is 9.80 Å². The lowest BCUT2D eigenvalue weighted by atomic mass is 10.0. The van der Waals surface area contributed by atoms with Gasteiger partial charge in [0.25, 0.3) is 5.91 Å². The Labute approximate surface area is 178 Å². The average molecular weight is 421 g/mol. The molecule has 0 radical (unpaired) electrons. The van der Waals surface area contributed by atoms with Gasteiger partial charge in [0.2, 0.25) is 10.8 Å². The van der Waals surface area contributed by atoms with Gasteiger partial charge in [0.05, 0.1) is 18.0 Å². The number of benzene rings is 3. The summed E-state index contributed by atoms with van der Waals surface area (Å²) in [4.78, 5) is 29.2. The van der Waals surface area contributed by atoms with E-state index < -0.39 is 4.87 Å². The second-order valence-corrected chi connectivity index (χ2v) is 8.64. The molecule has 1 saturated heterocycles. The Kier molecular flexibility index (Phi) is 4.37. The third-order valence-corrected chi connectivity index (χ3v) is 6.93. The van der Waals surface area contributed by atoms with E-state index in [4.69, 9.17) is 11.6 Å². The predicted molar refractivity (Wildman–Crippen MR) is 117 cm³/mol. The molecule has 0 N–H and O–H groups in total. The van der Waals surface area contributed by atoms with E-state index in [2.05, 4.69) is 0 Å². The van der Waals surface area contributed by atoms with Gasteiger partial charge in [0.15, 0.2) is 0 Å². The van der Waals surface area contributed by atoms with E-state index in [1.165, 1.54) is 11.8 Å². The lowest BCUT2D eigenvalue weighted by Crippen LogP contribution is -2.49. The minimum absolute atomic E-state index is 0.0611. The lowest BCUT2D eigenvalue weighted by molar-refractivity contribution is -0.123. The molecule has 3 aromatic rings. The molecule has 0 unspecified atom stereocenters. The fourth-order valence-corrected chi connectivity index (χ4v) is 5.68. The molecule has 4 nitrogen and oxygen atoms in total. The van der Waals surface area contributed by atoms with Gasteiger partial charge in [-0.1, -0.05) is 60.1 Å². The molecule has 29 heavy (non-hydrogen) atoms. The molecule has 1 spiro atoms. The highest BCUT2D eigenvalue weighted by atomic mass is 35.5. The molecule has 0 bridgehead atoms. The standard InChI is InChI=1S/C23H17ClN2O2S/c24-17-8-6-7-16(13-17)14-25-20-12-5-4-11-19(20)23(22(25)28)26(21(27)15-29-23)18-9-2-1-3-10-18/h1-13H,14-15H2/t23-/m0/s1. The molecular formula is C23H17ClN2O2S. The van der Waals surface area contributed by atoms with Crippen LogP contribution in [0.3, 0.4) is 0 Å². The first kappa shape index (κ1) is 18.3. The summed E-state index contributed by atoms with van der Waals surface area (Å²) in [6.07, 6.45) is 0. The molecule has 2 heterocycles. The Morgan fingerprint density at radius 1 is 0.931 bits per heavy atom. The molecule has 2 aliphatic rings. The summed E-state index contributed by atoms with van der Waals surface area (Å²) in [6.45, 7) is 0.398. The van der Waals surface area contributed by atoms with Crippen molar-refractivity contribution in [1.82, 2.24) is 0 Å². The van der Waals surface area contributed by atoms with Crippen molar-refractivity contribution in [2.75, 3.05) is 15.6 Å². The smallest absolute Gasteiger partial charge is 0.269 e. The van der Waals surface area contributed by atoms with Crippen LogP contribution in [0.15, 0.2) is 78.9 Å². The van der Waals surface area contributed by atoms with Crippen LogP contribution in [0, 0.1) is 0 Å². The maximum atomic E-state index is 13.9. The van der Waals surface area contributed by atoms with Crippen molar-refractivity contribution < 1.29 is 9.59 Å². The SMILES string of the molecule is O=C1CS[C@@]2(C(=O)N(Cc3cccc(Cl)c3)c3ccccc32)N1c1ccccc1. The van der Waals surface area contributed by atoms with Gasteiger partial charge in [0.1, 0.15) is 0 Å². The van der Waals surface area contributed by atoms with Crippen LogP contribution in [0.1, 0.15) is 11.1 Å². The molecule has 1 atom stereocenters. The number of anilines is 2. The van der Waals surface area contributed by atoms with Gasteiger partial charge in [-0.25, -0.2) is 0 Å². The number of rotatable bonds is 3. The van der Waals surface area contributed by atoms with Crippen molar-refractivity contribution in [1.29, 1.82) is 0 Å². The topological polar surface area (TPSA) is 40.6 Å². The highest BCUT2D eigenvalue weighted by molar-refractivity contribution is 8.02. The zero-order valence-corrected chi connectivity index (χ0v) is 17.0. The summed E-state index contributed by atoms with van der Waals surface area (Å²) in [5, 5.41) is 0.633. The first-order valence-corrected chi connectivity index (χ1v) is 10.7. The molecular weight excluding hydrogens is 404 g/mol. The molecule has 6 heteroatoms. The van der Waals surface area contributed by atoms with E-state index in [1.54, 1.807) is 9.80 Å². The van der Waals surface area contributed by atoms with Crippen molar-refractivity contribution in [2.24, 2.45) is 0 Å². The van der Waals surface area contributed by atoms with E-state index in [0.29, 0.717) is 11.6 Å². The first-order chi connectivity index (χ1) is 14.1. The van der Waals surface area contributed by atoms with Crippen LogP contribution in [0.2, 0.25) is 5.02 Å². The maximum Gasteiger partial charge on any atom is 0.269 e. The van der Waals surface area contributed by atoms with Crippen molar-refractivity contribution in [3.63, 3.8) is 0 Å². The van der Waals surface area contributed by atoms with Gasteiger partial charge in [-0.3, -0.25) is 14.5 Å². The second kappa shape index (κ2) is 6.94. The van der Waals surface area contributed by atoms with Crippen molar-refractivity contribution >= 4 is 46.6 Å². The number of halogens is 1. The fraction of sp³-hybridized carbons (Fsp3) is 0.130. The molecule has 2 amide bonds. The van der Waals surface area contributed by atoms with E-state index in [-0.39, 0.29) is 17.6 Å². The minimum Gasteiger partial charge on any atom is -0.304 e. The monoisotopic (exact) mass is 420 g/mol. The quantitative estimate of drug-likeness (QED) is 0.610. The Morgan fingerprint density at radius 3 is 2.48 bits per heavy atom. The number of carbonyl (C=O) groups excluding carboxylic acids is 2. The Bertz CT molecular complexity index is 1120. The van der Waals surface area contributed by atoms with Gasteiger partial charge < -0.3 is 4.90 Å². The van der Waals surface area contributed by atoms with Gasteiger partial charge >= 0.3 is 0 Å². The zero-order chi connectivity index (χ0) is 20.0. The Hall–Kier alpha value is -2.76. The minimum atomic E-state index is -1.08. The number of carbonyl (C=O) groups is 2. The number of hydrogen-bond acceptors (Lipinski definition) is 3. The summed E-state index contributed by atoms with van der Waals surface area (Å²) in [6, 6.07) is 24.7. The number of thioether (sulfide) groups is 1. The fourth-order valence-electron chi connectivity index (χ4n) is 4.11. The van der Waals surface area contributed by atoms with E-state index in [9.17, 15) is 9.59 Å². The van der Waals surface area contributed by atoms with E-state index >= 15 is 0 Å². The average Bonchev–Trinajstić information content (AvgIpc) is 3.20. The van der Waals surface area contributed by atoms with Crippen LogP contribution >= 0.6 is 23.4 Å². The molecule has 0 saturated carbocycles. The van der Waals surface area contributed by atoms with Gasteiger partial charge in [-0.2, -0.15) is 0 Å². The third-order valence-electron chi connectivity index (χ3n) is 5.31. The van der Waals surface area contributed by atoms with Crippen LogP contribution in [0.5, 0.6) is 0 Å². The summed E-state index contributed by atoms with van der Waals surface area (Å²) < 4.78 is 0. The van der Waals surface area contributed by atoms with Crippen molar-refractivity contribution in [3.8, 4) is 0 Å². The molecule has 2 aliphatic heterocycles. The summed E-state index contributed by atoms with van der Waals surface area (Å²) in [5.41, 5.74) is 3.36. The normalized spacial score (nSPS) is 20.6. The summed E-state index contributed by atoms with van der Waals surface area (Å²) in [7, 11) is 0. The molecule has 5 rings (SSSR count). The second-order valence-electron chi connectivity index (χ2n) is 7.04.